The van der Waals surface area contributed by atoms with Crippen LogP contribution < -0.4 is 52.4 Å². The Bertz CT molecular complexity index is 7720. The minimum absolute atomic E-state index is 0.0450. The number of fused-ring (bicyclic) bond motifs is 31. The number of hydrogen-bond acceptors (Lipinski definition) is 19. The monoisotopic (exact) mass is 1830 g/mol. The van der Waals surface area contributed by atoms with Gasteiger partial charge in [-0.3, -0.25) is 64.3 Å². The lowest BCUT2D eigenvalue weighted by atomic mass is 9.90. The molecule has 13 heterocycles. The number of rotatable bonds is 0. The molecule has 1 fully saturated rings. The summed E-state index contributed by atoms with van der Waals surface area (Å²) >= 11 is 0. The molecule has 1 saturated carbocycles. The molecular weight excluding hydrogens is 1740 g/mol. The Labute approximate surface area is 797 Å². The van der Waals surface area contributed by atoms with E-state index < -0.39 is 0 Å². The Morgan fingerprint density at radius 1 is 0.302 bits per heavy atom. The van der Waals surface area contributed by atoms with Crippen molar-refractivity contribution in [1.29, 1.82) is 0 Å². The fraction of sp³-hybridized carbons (Fsp3) is 0.135. The molecule has 0 saturated heterocycles. The number of pyridine rings is 4. The summed E-state index contributed by atoms with van der Waals surface area (Å²) in [6.07, 6.45) is 22.0. The lowest BCUT2D eigenvalue weighted by molar-refractivity contribution is -0.116. The number of amides is 5. The lowest BCUT2D eigenvalue weighted by Crippen LogP contribution is -2.42. The van der Waals surface area contributed by atoms with Crippen LogP contribution in [0.15, 0.2) is 321 Å². The molecule has 13 N–H and O–H groups in total. The van der Waals surface area contributed by atoms with E-state index >= 15 is 0 Å². The van der Waals surface area contributed by atoms with E-state index in [1.807, 2.05) is 219 Å². The molecular formula is C111H93N21O7. The molecule has 5 aliphatic heterocycles. The average Bonchev–Trinajstić information content (AvgIpc) is 1.67. The van der Waals surface area contributed by atoms with Crippen molar-refractivity contribution in [3.63, 3.8) is 0 Å². The van der Waals surface area contributed by atoms with Gasteiger partial charge in [-0.2, -0.15) is 20.4 Å². The van der Waals surface area contributed by atoms with Gasteiger partial charge in [0.05, 0.1) is 58.1 Å². The highest BCUT2D eigenvalue weighted by atomic mass is 16.5. The number of carbonyl (C=O) groups is 5. The fourth-order valence-corrected chi connectivity index (χ4v) is 18.1. The van der Waals surface area contributed by atoms with Crippen LogP contribution in [0.2, 0.25) is 0 Å². The molecule has 11 aromatic carbocycles. The second-order valence-corrected chi connectivity index (χ2v) is 34.9. The summed E-state index contributed by atoms with van der Waals surface area (Å²) in [7, 11) is 0. The molecule has 5 amide bonds. The number of aryl methyl sites for hydroxylation is 2. The third kappa shape index (κ3) is 20.3. The molecule has 139 heavy (non-hydrogen) atoms. The predicted octanol–water partition coefficient (Wildman–Crippen LogP) is 20.8. The van der Waals surface area contributed by atoms with E-state index in [0.29, 0.717) is 88.7 Å². The van der Waals surface area contributed by atoms with Crippen LogP contribution in [0.25, 0.3) is 122 Å². The van der Waals surface area contributed by atoms with Gasteiger partial charge in [-0.15, -0.1) is 0 Å². The number of benzene rings is 11. The van der Waals surface area contributed by atoms with Crippen LogP contribution in [0.5, 0.6) is 11.5 Å². The number of ether oxygens (including phenoxy) is 2. The van der Waals surface area contributed by atoms with E-state index in [9.17, 15) is 24.0 Å². The third-order valence-electron chi connectivity index (χ3n) is 25.3. The first kappa shape index (κ1) is 87.7. The zero-order valence-electron chi connectivity index (χ0n) is 75.3. The van der Waals surface area contributed by atoms with Crippen molar-refractivity contribution in [1.82, 2.24) is 71.4 Å². The first-order valence-electron chi connectivity index (χ1n) is 46.2. The molecule has 0 spiro atoms. The molecule has 684 valence electrons. The van der Waals surface area contributed by atoms with Crippen LogP contribution in [0.4, 0.5) is 34.1 Å². The summed E-state index contributed by atoms with van der Waals surface area (Å²) in [6.45, 7) is 2.50. The highest BCUT2D eigenvalue weighted by molar-refractivity contribution is 6.15. The maximum atomic E-state index is 13.2. The van der Waals surface area contributed by atoms with E-state index in [1.165, 1.54) is 5.56 Å². The fourth-order valence-electron chi connectivity index (χ4n) is 18.1. The SMILES string of the molecule is NC1=Nc2cccc(c2)C(=O)NC2CCC(CC2)NCc2cncc(c2)-c2ccc3[nH]nc1c3c2.O=C1CCCc2cccc(c2)-c2cccc(c2)NC(=O)c2n[nH]c3ccc(cc23)-c2cncc(c2)N1.O=C1Nc2cccc(c2)-c2cccc(c2)CCCOc2cncc(c2)-c2ccc3[nH]nc1c3c2.O=C1Nc2cccc(c2)-c2cccc(c2)OCCNc2cncc(c2)-c2ccc3[nH]nc1c3c2. The van der Waals surface area contributed by atoms with Crippen LogP contribution in [-0.2, 0) is 24.2 Å². The maximum absolute atomic E-state index is 13.2. The lowest BCUT2D eigenvalue weighted by Gasteiger charge is -2.30. The van der Waals surface area contributed by atoms with E-state index in [-0.39, 0.29) is 41.4 Å². The molecule has 19 aromatic rings. The molecule has 32 bridgehead atoms. The minimum atomic E-state index is -0.294. The number of amidine groups is 1. The van der Waals surface area contributed by atoms with Crippen LogP contribution in [0.3, 0.4) is 0 Å². The standard InChI is InChI=1S/C29H23N5O2.C28H22N4O2.C27H27N7O.C27H21N5O2/c35-27-9-2-5-18-4-1-6-19(12-18)20-7-3-8-23(13-20)32-29(36)28-25-15-21(10-11-26(25)33-34-28)22-14-24(31-27)17-30-16-22;33-28-27-25-15-21(9-10-26(25)31-32-27)22-14-24(17-29-16-22)34-11-3-5-18-4-1-6-19(12-18)20-7-2-8-23(13-20)30-28;28-26-25-23-12-17(4-9-24(23)33-34-25)19-10-16(13-29-15-19)14-30-20-5-7-21(8-6-20)32-27(35)18-2-1-3-22(11-18)31-26;33-27-26-24-14-19(7-8-25(24)31-32-26)20-12-22(16-28-15-20)29-9-10-34-23-6-2-4-18(13-23)17-3-1-5-21(11-17)30-27/h1,3-4,6-8,10-17H,2,5,9H2,(H,31,35)(H,32,36)(H,33,34);1-2,4,6-10,12-17H,3,5,11H2,(H,30,33)(H,31,32);1-4,9-13,15,20-21,30H,5-8,14H2,(H2,28,31)(H,32,35)(H,33,34);1-8,11-16,29H,9-10H2,(H,30,33)(H,31,32). The van der Waals surface area contributed by atoms with Gasteiger partial charge in [0.2, 0.25) is 5.91 Å². The summed E-state index contributed by atoms with van der Waals surface area (Å²) in [4.78, 5) is 87.2. The van der Waals surface area contributed by atoms with Crippen molar-refractivity contribution in [2.45, 2.75) is 76.4 Å². The van der Waals surface area contributed by atoms with Crippen LogP contribution in [-0.4, -0.2) is 128 Å². The van der Waals surface area contributed by atoms with Gasteiger partial charge >= 0.3 is 0 Å². The second kappa shape index (κ2) is 39.7. The highest BCUT2D eigenvalue weighted by Crippen LogP contribution is 2.37. The molecule has 28 heteroatoms. The number of nitrogens with two attached hydrogens (primary N) is 1. The molecule has 25 rings (SSSR count). The summed E-state index contributed by atoms with van der Waals surface area (Å²) in [5, 5.41) is 54.5. The van der Waals surface area contributed by atoms with Gasteiger partial charge in [-0.25, -0.2) is 4.99 Å². The predicted molar refractivity (Wildman–Crippen MR) is 543 cm³/mol. The van der Waals surface area contributed by atoms with Gasteiger partial charge in [-0.1, -0.05) is 127 Å². The summed E-state index contributed by atoms with van der Waals surface area (Å²) < 4.78 is 12.0. The van der Waals surface area contributed by atoms with Crippen molar-refractivity contribution in [3.05, 3.63) is 362 Å². The normalized spacial score (nSPS) is 15.3. The number of aromatic nitrogens is 12. The van der Waals surface area contributed by atoms with Crippen molar-refractivity contribution < 1.29 is 33.4 Å². The summed E-state index contributed by atoms with van der Waals surface area (Å²) in [6, 6.07) is 87.6. The zero-order chi connectivity index (χ0) is 94.1. The molecule has 8 aromatic heterocycles. The van der Waals surface area contributed by atoms with Crippen LogP contribution in [0.1, 0.15) is 109 Å². The molecule has 1 aliphatic carbocycles. The zero-order valence-corrected chi connectivity index (χ0v) is 75.3. The topological polar surface area (TPSA) is 393 Å². The Morgan fingerprint density at radius 3 is 1.27 bits per heavy atom. The van der Waals surface area contributed by atoms with Crippen molar-refractivity contribution in [2.24, 2.45) is 10.7 Å². The molecule has 28 nitrogen and oxygen atoms in total. The largest absolute Gasteiger partial charge is 0.492 e. The van der Waals surface area contributed by atoms with Crippen LogP contribution >= 0.6 is 0 Å². The first-order valence-corrected chi connectivity index (χ1v) is 46.2. The first-order chi connectivity index (χ1) is 68.2. The number of aromatic amines is 4. The highest BCUT2D eigenvalue weighted by Gasteiger charge is 2.26. The molecule has 0 unspecified atom stereocenters. The minimum Gasteiger partial charge on any atom is -0.492 e. The second-order valence-electron chi connectivity index (χ2n) is 34.9. The number of H-pyrrole nitrogens is 4. The van der Waals surface area contributed by atoms with Gasteiger partial charge < -0.3 is 52.4 Å². The van der Waals surface area contributed by atoms with Gasteiger partial charge in [0.15, 0.2) is 22.9 Å². The van der Waals surface area contributed by atoms with Gasteiger partial charge in [-0.05, 0) is 263 Å². The average molecular weight is 1830 g/mol. The number of carbonyl (C=O) groups excluding carboxylic acids is 5. The van der Waals surface area contributed by atoms with Crippen molar-refractivity contribution in [3.8, 4) is 89.4 Å². The van der Waals surface area contributed by atoms with Crippen molar-refractivity contribution >= 4 is 113 Å². The Hall–Kier alpha value is -17.9. The molecule has 0 radical (unpaired) electrons. The molecule has 6 aliphatic rings. The van der Waals surface area contributed by atoms with Gasteiger partial charge in [0, 0.05) is 135 Å². The van der Waals surface area contributed by atoms with E-state index in [2.05, 4.69) is 164 Å². The number of anilines is 5. The third-order valence-corrected chi connectivity index (χ3v) is 25.3. The smallest absolute Gasteiger partial charge is 0.276 e. The van der Waals surface area contributed by atoms with Crippen LogP contribution in [0, 0.1) is 0 Å². The molecule has 0 atom stereocenters. The number of nitrogens with one attached hydrogen (secondary N) is 11. The van der Waals surface area contributed by atoms with E-state index in [0.717, 1.165) is 208 Å². The van der Waals surface area contributed by atoms with Gasteiger partial charge in [0.25, 0.3) is 23.6 Å². The Morgan fingerprint density at radius 2 is 0.712 bits per heavy atom. The Balaban J connectivity index is 0.000000110. The Kier molecular flexibility index (Phi) is 25.1. The number of hydrogen-bond donors (Lipinski definition) is 12. The quantitative estimate of drug-likeness (QED) is 0.0671. The number of nitrogens with zero attached hydrogens (tertiary/aromatic N) is 9. The van der Waals surface area contributed by atoms with Crippen molar-refractivity contribution in [2.75, 3.05) is 46.3 Å². The van der Waals surface area contributed by atoms with E-state index in [4.69, 9.17) is 15.2 Å². The number of aliphatic imine (C=N–C) groups is 1. The summed E-state index contributed by atoms with van der Waals surface area (Å²) in [5.41, 5.74) is 33.3. The van der Waals surface area contributed by atoms with E-state index in [1.54, 1.807) is 37.1 Å². The maximum Gasteiger partial charge on any atom is 0.276 e. The summed E-state index contributed by atoms with van der Waals surface area (Å²) in [5.74, 6) is 0.846. The van der Waals surface area contributed by atoms with Gasteiger partial charge in [0.1, 0.15) is 23.8 Å².